The van der Waals surface area contributed by atoms with E-state index >= 15 is 0 Å². The van der Waals surface area contributed by atoms with Gasteiger partial charge in [0.05, 0.1) is 22.3 Å². The summed E-state index contributed by atoms with van der Waals surface area (Å²) < 4.78 is 53.8. The van der Waals surface area contributed by atoms with Crippen molar-refractivity contribution in [2.75, 3.05) is 29.7 Å². The van der Waals surface area contributed by atoms with Crippen LogP contribution in [0.5, 0.6) is 0 Å². The first-order valence-corrected chi connectivity index (χ1v) is 13.7. The lowest BCUT2D eigenvalue weighted by Gasteiger charge is -2.30. The van der Waals surface area contributed by atoms with Gasteiger partial charge in [0.2, 0.25) is 26.0 Å². The Morgan fingerprint density at radius 2 is 1.66 bits per heavy atom. The van der Waals surface area contributed by atoms with Gasteiger partial charge in [-0.05, 0) is 42.9 Å². The number of likely N-dealkylation sites (N-methyl/N-ethyl adjacent to an activating group) is 1. The summed E-state index contributed by atoms with van der Waals surface area (Å²) in [5.74, 6) is -1.39. The molecule has 0 spiro atoms. The number of nitrogens with zero attached hydrogens (tertiary/aromatic N) is 2. The highest BCUT2D eigenvalue weighted by Gasteiger charge is 2.42. The van der Waals surface area contributed by atoms with Crippen LogP contribution in [0.2, 0.25) is 0 Å². The first-order valence-electron chi connectivity index (χ1n) is 10.6. The number of anilines is 1. The lowest BCUT2D eigenvalue weighted by atomic mass is 10.1. The summed E-state index contributed by atoms with van der Waals surface area (Å²) in [4.78, 5) is 14.4. The van der Waals surface area contributed by atoms with Crippen molar-refractivity contribution in [3.63, 3.8) is 0 Å². The van der Waals surface area contributed by atoms with E-state index in [2.05, 4.69) is 9.62 Å². The van der Waals surface area contributed by atoms with Gasteiger partial charge in [0.15, 0.2) is 0 Å². The molecule has 1 N–H and O–H groups in total. The van der Waals surface area contributed by atoms with Crippen molar-refractivity contribution in [3.8, 4) is 0 Å². The highest BCUT2D eigenvalue weighted by molar-refractivity contribution is 7.94. The van der Waals surface area contributed by atoms with Gasteiger partial charge in [-0.2, -0.15) is 0 Å². The van der Waals surface area contributed by atoms with Gasteiger partial charge >= 0.3 is 0 Å². The minimum absolute atomic E-state index is 0.00435. The minimum Gasteiger partial charge on any atom is -0.296 e. The molecule has 2 unspecified atom stereocenters. The molecule has 8 nitrogen and oxygen atoms in total. The molecule has 32 heavy (non-hydrogen) atoms. The number of carbonyl (C=O) groups is 1. The molecule has 2 aromatic rings. The van der Waals surface area contributed by atoms with E-state index in [0.29, 0.717) is 0 Å². The molecule has 2 atom stereocenters. The average Bonchev–Trinajstić information content (AvgIpc) is 2.98. The summed E-state index contributed by atoms with van der Waals surface area (Å²) in [5, 5.41) is 0. The van der Waals surface area contributed by atoms with Gasteiger partial charge in [0, 0.05) is 12.6 Å². The Kier molecular flexibility index (Phi) is 7.39. The maximum atomic E-state index is 12.9. The Morgan fingerprint density at radius 3 is 2.16 bits per heavy atom. The zero-order chi connectivity index (χ0) is 23.5. The third-order valence-electron chi connectivity index (χ3n) is 5.65. The normalized spacial score (nSPS) is 19.4. The molecule has 174 valence electrons. The zero-order valence-electron chi connectivity index (χ0n) is 18.4. The average molecular weight is 480 g/mol. The van der Waals surface area contributed by atoms with Gasteiger partial charge in [-0.15, -0.1) is 0 Å². The van der Waals surface area contributed by atoms with E-state index in [1.807, 2.05) is 44.2 Å². The second-order valence-electron chi connectivity index (χ2n) is 7.78. The lowest BCUT2D eigenvalue weighted by Crippen LogP contribution is -2.38. The van der Waals surface area contributed by atoms with Crippen LogP contribution in [0.15, 0.2) is 59.5 Å². The van der Waals surface area contributed by atoms with E-state index < -0.39 is 31.9 Å². The van der Waals surface area contributed by atoms with Crippen LogP contribution in [0.1, 0.15) is 32.4 Å². The van der Waals surface area contributed by atoms with E-state index in [1.165, 1.54) is 24.3 Å². The monoisotopic (exact) mass is 479 g/mol. The van der Waals surface area contributed by atoms with Gasteiger partial charge in [0.25, 0.3) is 0 Å². The predicted molar refractivity (Wildman–Crippen MR) is 124 cm³/mol. The van der Waals surface area contributed by atoms with Crippen LogP contribution in [0, 0.1) is 5.92 Å². The minimum atomic E-state index is -3.84. The van der Waals surface area contributed by atoms with Gasteiger partial charge in [-0.3, -0.25) is 9.69 Å². The number of nitrogens with one attached hydrogen (secondary N) is 1. The largest absolute Gasteiger partial charge is 0.296 e. The molecule has 1 fully saturated rings. The topological polar surface area (TPSA) is 104 Å². The third-order valence-corrected chi connectivity index (χ3v) is 8.95. The molecular weight excluding hydrogens is 450 g/mol. The van der Waals surface area contributed by atoms with Crippen LogP contribution in [0.25, 0.3) is 0 Å². The van der Waals surface area contributed by atoms with Crippen LogP contribution in [-0.2, 0) is 24.8 Å². The van der Waals surface area contributed by atoms with Gasteiger partial charge in [-0.25, -0.2) is 25.9 Å². The van der Waals surface area contributed by atoms with Gasteiger partial charge in [0.1, 0.15) is 0 Å². The summed E-state index contributed by atoms with van der Waals surface area (Å²) in [6.07, 6.45) is 0. The molecule has 0 bridgehead atoms. The van der Waals surface area contributed by atoms with Crippen LogP contribution in [-0.4, -0.2) is 53.0 Å². The fraction of sp³-hybridized carbons (Fsp3) is 0.409. The van der Waals surface area contributed by atoms with Crippen molar-refractivity contribution in [1.29, 1.82) is 0 Å². The van der Waals surface area contributed by atoms with Crippen LogP contribution in [0.3, 0.4) is 0 Å². The second-order valence-corrected chi connectivity index (χ2v) is 11.4. The first kappa shape index (κ1) is 24.4. The van der Waals surface area contributed by atoms with Crippen molar-refractivity contribution < 1.29 is 21.6 Å². The Labute approximate surface area is 190 Å². The molecule has 3 rings (SSSR count). The van der Waals surface area contributed by atoms with Crippen molar-refractivity contribution in [2.24, 2.45) is 5.92 Å². The fourth-order valence-electron chi connectivity index (χ4n) is 3.92. The molecule has 0 aromatic heterocycles. The molecule has 10 heteroatoms. The Balaban J connectivity index is 1.80. The van der Waals surface area contributed by atoms with E-state index in [4.69, 9.17) is 0 Å². The summed E-state index contributed by atoms with van der Waals surface area (Å²) >= 11 is 0. The van der Waals surface area contributed by atoms with Crippen LogP contribution in [0.4, 0.5) is 5.69 Å². The molecule has 1 aliphatic heterocycles. The number of rotatable bonds is 9. The van der Waals surface area contributed by atoms with Gasteiger partial charge in [-0.1, -0.05) is 51.1 Å². The van der Waals surface area contributed by atoms with E-state index in [-0.39, 0.29) is 28.9 Å². The summed E-state index contributed by atoms with van der Waals surface area (Å²) in [6, 6.07) is 14.9. The highest BCUT2D eigenvalue weighted by Crippen LogP contribution is 2.29. The number of carbonyl (C=O) groups excluding carboxylic acids is 1. The summed E-state index contributed by atoms with van der Waals surface area (Å²) in [6.45, 7) is 7.34. The van der Waals surface area contributed by atoms with Crippen molar-refractivity contribution in [1.82, 2.24) is 9.62 Å². The van der Waals surface area contributed by atoms with Crippen molar-refractivity contribution >= 4 is 31.6 Å². The third kappa shape index (κ3) is 5.03. The molecule has 0 aliphatic carbocycles. The highest BCUT2D eigenvalue weighted by atomic mass is 32.2. The van der Waals surface area contributed by atoms with E-state index in [9.17, 15) is 21.6 Å². The Hall–Kier alpha value is -2.27. The predicted octanol–water partition coefficient (Wildman–Crippen LogP) is 2.36. The Bertz CT molecular complexity index is 1150. The maximum absolute atomic E-state index is 12.9. The standard InChI is InChI=1S/C22H29N3O5S2/c1-4-24(5-2)21(18-9-7-6-8-10-18)15-23-32(29,30)20-13-11-19(12-14-20)25-22(26)17(3)16-31(25,27)28/h6-14,17,21,23H,4-5,15-16H2,1-3H3. The maximum Gasteiger partial charge on any atom is 0.244 e. The summed E-state index contributed by atoms with van der Waals surface area (Å²) in [5.41, 5.74) is 1.16. The molecule has 1 amide bonds. The first-order chi connectivity index (χ1) is 15.1. The fourth-order valence-corrected chi connectivity index (χ4v) is 6.78. The quantitative estimate of drug-likeness (QED) is 0.592. The molecule has 0 radical (unpaired) electrons. The molecule has 1 heterocycles. The Morgan fingerprint density at radius 1 is 1.06 bits per heavy atom. The van der Waals surface area contributed by atoms with E-state index in [1.54, 1.807) is 6.92 Å². The zero-order valence-corrected chi connectivity index (χ0v) is 20.1. The molecule has 1 saturated heterocycles. The van der Waals surface area contributed by atoms with Crippen LogP contribution < -0.4 is 9.03 Å². The smallest absolute Gasteiger partial charge is 0.244 e. The molecule has 2 aromatic carbocycles. The van der Waals surface area contributed by atoms with Crippen molar-refractivity contribution in [3.05, 3.63) is 60.2 Å². The molecule has 0 saturated carbocycles. The number of benzene rings is 2. The number of sulfonamides is 2. The summed E-state index contributed by atoms with van der Waals surface area (Å²) in [7, 11) is -7.58. The second kappa shape index (κ2) is 9.70. The molecular formula is C22H29N3O5S2. The van der Waals surface area contributed by atoms with Crippen molar-refractivity contribution in [2.45, 2.75) is 31.7 Å². The van der Waals surface area contributed by atoms with E-state index in [0.717, 1.165) is 23.0 Å². The number of amides is 1. The van der Waals surface area contributed by atoms with Crippen LogP contribution >= 0.6 is 0 Å². The number of hydrogen-bond donors (Lipinski definition) is 1. The SMILES string of the molecule is CCN(CC)C(CNS(=O)(=O)c1ccc(N2C(=O)C(C)CS2(=O)=O)cc1)c1ccccc1. The number of hydrogen-bond acceptors (Lipinski definition) is 6. The lowest BCUT2D eigenvalue weighted by molar-refractivity contribution is -0.119. The van der Waals surface area contributed by atoms with Gasteiger partial charge < -0.3 is 0 Å². The molecule has 1 aliphatic rings.